The monoisotopic (exact) mass is 471 g/mol. The van der Waals surface area contributed by atoms with Crippen LogP contribution in [0.1, 0.15) is 31.9 Å². The fraction of sp³-hybridized carbons (Fsp3) is 0.152. The molecule has 172 valence electrons. The third kappa shape index (κ3) is 3.88. The average Bonchev–Trinajstić information content (AvgIpc) is 3.48. The lowest BCUT2D eigenvalue weighted by atomic mass is 9.86. The Labute approximate surface area is 211 Å². The predicted octanol–water partition coefficient (Wildman–Crippen LogP) is 9.79. The summed E-state index contributed by atoms with van der Waals surface area (Å²) in [4.78, 5) is 0. The second-order valence-corrected chi connectivity index (χ2v) is 11.4. The maximum atomic E-state index is 2.46. The molecule has 6 aromatic rings. The van der Waals surface area contributed by atoms with E-state index in [4.69, 9.17) is 0 Å². The van der Waals surface area contributed by atoms with Gasteiger partial charge in [-0.1, -0.05) is 87.0 Å². The highest BCUT2D eigenvalue weighted by atomic mass is 32.1. The van der Waals surface area contributed by atoms with Crippen LogP contribution in [0.3, 0.4) is 0 Å². The molecule has 1 nitrogen and oxygen atoms in total. The van der Waals surface area contributed by atoms with Crippen molar-refractivity contribution in [3.63, 3.8) is 0 Å². The maximum Gasteiger partial charge on any atom is 0.0646 e. The van der Waals surface area contributed by atoms with Crippen LogP contribution in [0.15, 0.2) is 102 Å². The van der Waals surface area contributed by atoms with Gasteiger partial charge in [0, 0.05) is 5.39 Å². The minimum atomic E-state index is 0.134. The lowest BCUT2D eigenvalue weighted by molar-refractivity contribution is 0.590. The van der Waals surface area contributed by atoms with Gasteiger partial charge in [-0.2, -0.15) is 0 Å². The first-order chi connectivity index (χ1) is 16.9. The zero-order valence-electron chi connectivity index (χ0n) is 20.7. The van der Waals surface area contributed by atoms with E-state index in [0.29, 0.717) is 0 Å². The Bertz CT molecular complexity index is 1660. The molecule has 4 aromatic carbocycles. The molecule has 2 heteroatoms. The van der Waals surface area contributed by atoms with Gasteiger partial charge in [-0.05, 0) is 81.8 Å². The molecule has 0 aliphatic carbocycles. The first-order valence-corrected chi connectivity index (χ1v) is 13.1. The van der Waals surface area contributed by atoms with Gasteiger partial charge in [0.2, 0.25) is 0 Å². The van der Waals surface area contributed by atoms with E-state index in [9.17, 15) is 0 Å². The number of thiophene rings is 1. The summed E-state index contributed by atoms with van der Waals surface area (Å²) in [6.45, 7) is 8.97. The van der Waals surface area contributed by atoms with Crippen LogP contribution >= 0.6 is 11.3 Å². The molecule has 6 rings (SSSR count). The highest BCUT2D eigenvalue weighted by Gasteiger charge is 2.18. The standard InChI is InChI=1S/C33H29NS/c1-22-10-15-29-27(18-22)21-30(24-11-13-28(14-12-24)33(2,3)4)34(29)31-20-26(23-8-6-5-7-9-23)19-25-16-17-35-32(25)31/h5-21H,1-4H3. The zero-order valence-corrected chi connectivity index (χ0v) is 21.5. The van der Waals surface area contributed by atoms with Gasteiger partial charge in [0.15, 0.2) is 0 Å². The Kier molecular flexibility index (Phi) is 5.16. The van der Waals surface area contributed by atoms with Crippen molar-refractivity contribution in [1.82, 2.24) is 4.57 Å². The molecule has 35 heavy (non-hydrogen) atoms. The SMILES string of the molecule is Cc1ccc2c(c1)cc(-c1ccc(C(C)(C)C)cc1)n2-c1cc(-c2ccccc2)cc2ccsc12. The summed E-state index contributed by atoms with van der Waals surface area (Å²) in [7, 11) is 0. The smallest absolute Gasteiger partial charge is 0.0646 e. The molecule has 0 saturated heterocycles. The Morgan fingerprint density at radius 1 is 0.657 bits per heavy atom. The minimum absolute atomic E-state index is 0.134. The third-order valence-electron chi connectivity index (χ3n) is 6.88. The quantitative estimate of drug-likeness (QED) is 0.242. The van der Waals surface area contributed by atoms with Crippen LogP contribution in [0.5, 0.6) is 0 Å². The molecule has 2 heterocycles. The maximum absolute atomic E-state index is 2.46. The summed E-state index contributed by atoms with van der Waals surface area (Å²) >= 11 is 1.82. The van der Waals surface area contributed by atoms with Gasteiger partial charge < -0.3 is 4.57 Å². The van der Waals surface area contributed by atoms with Gasteiger partial charge in [-0.15, -0.1) is 11.3 Å². The molecule has 0 spiro atoms. The van der Waals surface area contributed by atoms with E-state index >= 15 is 0 Å². The Hall–Kier alpha value is -3.62. The summed E-state index contributed by atoms with van der Waals surface area (Å²) in [5.41, 5.74) is 10.2. The fourth-order valence-corrected chi connectivity index (χ4v) is 5.86. The van der Waals surface area contributed by atoms with Crippen LogP contribution in [0.4, 0.5) is 0 Å². The fourth-order valence-electron chi connectivity index (χ4n) is 4.97. The van der Waals surface area contributed by atoms with Crippen LogP contribution in [0.25, 0.3) is 49.1 Å². The molecule has 0 bridgehead atoms. The Morgan fingerprint density at radius 2 is 1.43 bits per heavy atom. The molecule has 0 N–H and O–H groups in total. The first-order valence-electron chi connectivity index (χ1n) is 12.2. The zero-order chi connectivity index (χ0) is 24.2. The van der Waals surface area contributed by atoms with E-state index in [1.807, 2.05) is 11.3 Å². The summed E-state index contributed by atoms with van der Waals surface area (Å²) in [5, 5.41) is 4.76. The van der Waals surface area contributed by atoms with Crippen LogP contribution in [0, 0.1) is 6.92 Å². The van der Waals surface area contributed by atoms with Crippen molar-refractivity contribution in [1.29, 1.82) is 0 Å². The lowest BCUT2D eigenvalue weighted by Crippen LogP contribution is -2.10. The highest BCUT2D eigenvalue weighted by Crippen LogP contribution is 2.39. The van der Waals surface area contributed by atoms with E-state index < -0.39 is 0 Å². The lowest BCUT2D eigenvalue weighted by Gasteiger charge is -2.20. The predicted molar refractivity (Wildman–Crippen MR) is 153 cm³/mol. The van der Waals surface area contributed by atoms with Gasteiger partial charge in [0.25, 0.3) is 0 Å². The molecule has 0 aliphatic rings. The first kappa shape index (κ1) is 21.9. The molecule has 0 unspecified atom stereocenters. The number of nitrogens with zero attached hydrogens (tertiary/aromatic N) is 1. The number of hydrogen-bond acceptors (Lipinski definition) is 1. The Morgan fingerprint density at radius 3 is 2.17 bits per heavy atom. The minimum Gasteiger partial charge on any atom is -0.308 e. The van der Waals surface area contributed by atoms with Crippen LogP contribution in [-0.4, -0.2) is 4.57 Å². The second-order valence-electron chi connectivity index (χ2n) is 10.5. The molecule has 2 aromatic heterocycles. The second kappa shape index (κ2) is 8.25. The molecule has 0 aliphatic heterocycles. The number of aromatic nitrogens is 1. The van der Waals surface area contributed by atoms with Crippen molar-refractivity contribution in [2.75, 3.05) is 0 Å². The van der Waals surface area contributed by atoms with Crippen LogP contribution in [0.2, 0.25) is 0 Å². The largest absolute Gasteiger partial charge is 0.308 e. The number of rotatable bonds is 3. The van der Waals surface area contributed by atoms with Crippen molar-refractivity contribution in [2.45, 2.75) is 33.1 Å². The van der Waals surface area contributed by atoms with Crippen molar-refractivity contribution in [2.24, 2.45) is 0 Å². The number of hydrogen-bond donors (Lipinski definition) is 0. The van der Waals surface area contributed by atoms with E-state index in [1.165, 1.54) is 60.2 Å². The molecule has 0 atom stereocenters. The van der Waals surface area contributed by atoms with E-state index in [2.05, 4.69) is 135 Å². The third-order valence-corrected chi connectivity index (χ3v) is 7.84. The molecule has 0 amide bonds. The number of aryl methyl sites for hydroxylation is 1. The van der Waals surface area contributed by atoms with Crippen molar-refractivity contribution in [3.8, 4) is 28.1 Å². The number of benzene rings is 4. The van der Waals surface area contributed by atoms with E-state index in [0.717, 1.165) is 0 Å². The molecular weight excluding hydrogens is 442 g/mol. The van der Waals surface area contributed by atoms with Gasteiger partial charge in [-0.25, -0.2) is 0 Å². The van der Waals surface area contributed by atoms with E-state index in [1.54, 1.807) is 0 Å². The van der Waals surface area contributed by atoms with Gasteiger partial charge in [0.1, 0.15) is 0 Å². The van der Waals surface area contributed by atoms with Crippen LogP contribution < -0.4 is 0 Å². The van der Waals surface area contributed by atoms with Gasteiger partial charge in [0.05, 0.1) is 21.6 Å². The summed E-state index contributed by atoms with van der Waals surface area (Å²) in [6, 6.07) is 35.9. The molecule has 0 saturated carbocycles. The van der Waals surface area contributed by atoms with Crippen LogP contribution in [-0.2, 0) is 5.41 Å². The summed E-state index contributed by atoms with van der Waals surface area (Å²) in [5.74, 6) is 0. The van der Waals surface area contributed by atoms with Crippen molar-refractivity contribution >= 4 is 32.3 Å². The summed E-state index contributed by atoms with van der Waals surface area (Å²) < 4.78 is 3.78. The Balaban J connectivity index is 1.65. The number of fused-ring (bicyclic) bond motifs is 2. The van der Waals surface area contributed by atoms with E-state index in [-0.39, 0.29) is 5.41 Å². The average molecular weight is 472 g/mol. The molecular formula is C33H29NS. The normalized spacial score (nSPS) is 12.0. The molecule has 0 radical (unpaired) electrons. The van der Waals surface area contributed by atoms with Crippen molar-refractivity contribution in [3.05, 3.63) is 114 Å². The van der Waals surface area contributed by atoms with Gasteiger partial charge >= 0.3 is 0 Å². The topological polar surface area (TPSA) is 4.93 Å². The molecule has 0 fully saturated rings. The highest BCUT2D eigenvalue weighted by molar-refractivity contribution is 7.17. The summed E-state index contributed by atoms with van der Waals surface area (Å²) in [6.07, 6.45) is 0. The van der Waals surface area contributed by atoms with Gasteiger partial charge in [-0.3, -0.25) is 0 Å². The van der Waals surface area contributed by atoms with Crippen molar-refractivity contribution < 1.29 is 0 Å².